The third-order valence-corrected chi connectivity index (χ3v) is 6.10. The molecule has 0 aliphatic heterocycles. The van der Waals surface area contributed by atoms with E-state index in [0.29, 0.717) is 0 Å². The number of hydrogen-bond acceptors (Lipinski definition) is 1. The van der Waals surface area contributed by atoms with Crippen LogP contribution in [0.2, 0.25) is 0 Å². The first-order valence-electron chi connectivity index (χ1n) is 9.57. The Morgan fingerprint density at radius 3 is 2.19 bits per heavy atom. The quantitative estimate of drug-likeness (QED) is 0.367. The highest BCUT2D eigenvalue weighted by molar-refractivity contribution is 5.97. The van der Waals surface area contributed by atoms with E-state index in [4.69, 9.17) is 4.98 Å². The second-order valence-corrected chi connectivity index (χ2v) is 8.27. The lowest BCUT2D eigenvalue weighted by Gasteiger charge is -2.22. The van der Waals surface area contributed by atoms with Gasteiger partial charge in [0.25, 0.3) is 0 Å². The van der Waals surface area contributed by atoms with Crippen molar-refractivity contribution >= 4 is 10.8 Å². The van der Waals surface area contributed by atoms with Crippen LogP contribution >= 0.6 is 0 Å². The Labute approximate surface area is 160 Å². The molecule has 1 aliphatic carbocycles. The number of aryl methyl sites for hydroxylation is 2. The van der Waals surface area contributed by atoms with Gasteiger partial charge in [0.15, 0.2) is 0 Å². The Hall–Kier alpha value is -2.93. The van der Waals surface area contributed by atoms with Crippen molar-refractivity contribution < 1.29 is 0 Å². The number of hydrogen-bond donors (Lipinski definition) is 0. The van der Waals surface area contributed by atoms with E-state index in [0.717, 1.165) is 5.69 Å². The lowest BCUT2D eigenvalue weighted by atomic mass is 9.81. The van der Waals surface area contributed by atoms with Crippen LogP contribution in [0.3, 0.4) is 0 Å². The minimum atomic E-state index is 0.00714. The number of aromatic nitrogens is 1. The van der Waals surface area contributed by atoms with Crippen LogP contribution in [-0.2, 0) is 5.41 Å². The van der Waals surface area contributed by atoms with Gasteiger partial charge in [0.2, 0.25) is 0 Å². The van der Waals surface area contributed by atoms with E-state index >= 15 is 0 Å². The van der Waals surface area contributed by atoms with Crippen LogP contribution in [0.15, 0.2) is 66.9 Å². The Kier molecular flexibility index (Phi) is 3.33. The first-order valence-corrected chi connectivity index (χ1v) is 9.57. The topological polar surface area (TPSA) is 12.9 Å². The predicted octanol–water partition coefficient (Wildman–Crippen LogP) is 6.82. The molecule has 5 rings (SSSR count). The molecule has 1 aliphatic rings. The smallest absolute Gasteiger partial charge is 0.0780 e. The van der Waals surface area contributed by atoms with E-state index in [9.17, 15) is 0 Å². The van der Waals surface area contributed by atoms with E-state index in [1.54, 1.807) is 0 Å². The number of pyridine rings is 1. The molecule has 0 saturated heterocycles. The summed E-state index contributed by atoms with van der Waals surface area (Å²) in [6.07, 6.45) is 1.99. The molecular formula is C26H23N. The van der Waals surface area contributed by atoms with Gasteiger partial charge in [-0.2, -0.15) is 0 Å². The summed E-state index contributed by atoms with van der Waals surface area (Å²) in [6.45, 7) is 8.97. The van der Waals surface area contributed by atoms with Crippen LogP contribution < -0.4 is 0 Å². The molecule has 27 heavy (non-hydrogen) atoms. The largest absolute Gasteiger partial charge is 0.255 e. The summed E-state index contributed by atoms with van der Waals surface area (Å²) in [4.78, 5) is 4.81. The molecule has 132 valence electrons. The van der Waals surface area contributed by atoms with Crippen molar-refractivity contribution in [2.45, 2.75) is 33.1 Å². The average Bonchev–Trinajstić information content (AvgIpc) is 2.89. The van der Waals surface area contributed by atoms with E-state index < -0.39 is 0 Å². The Morgan fingerprint density at radius 2 is 1.41 bits per heavy atom. The maximum absolute atomic E-state index is 4.81. The van der Waals surface area contributed by atoms with E-state index in [1.807, 2.05) is 6.20 Å². The SMILES string of the molecule is Cc1ccc2c(c1)C(C)(C)c1cc(-c3ncc(C)c4ccccc34)ccc1-2. The zero-order chi connectivity index (χ0) is 18.8. The molecule has 1 aromatic heterocycles. The van der Waals surface area contributed by atoms with Crippen molar-refractivity contribution in [1.29, 1.82) is 0 Å². The number of nitrogens with zero attached hydrogens (tertiary/aromatic N) is 1. The zero-order valence-corrected chi connectivity index (χ0v) is 16.3. The van der Waals surface area contributed by atoms with Gasteiger partial charge in [-0.15, -0.1) is 0 Å². The molecule has 3 aromatic carbocycles. The molecule has 0 fully saturated rings. The molecule has 0 spiro atoms. The van der Waals surface area contributed by atoms with Crippen molar-refractivity contribution in [3.63, 3.8) is 0 Å². The number of rotatable bonds is 1. The van der Waals surface area contributed by atoms with Gasteiger partial charge in [0.1, 0.15) is 0 Å². The fraction of sp³-hybridized carbons (Fsp3) is 0.192. The highest BCUT2D eigenvalue weighted by Gasteiger charge is 2.35. The molecule has 0 saturated carbocycles. The minimum Gasteiger partial charge on any atom is -0.255 e. The minimum absolute atomic E-state index is 0.00714. The van der Waals surface area contributed by atoms with Crippen molar-refractivity contribution in [2.24, 2.45) is 0 Å². The normalized spacial score (nSPS) is 14.2. The fourth-order valence-electron chi connectivity index (χ4n) is 4.56. The molecular weight excluding hydrogens is 326 g/mol. The summed E-state index contributed by atoms with van der Waals surface area (Å²) in [6, 6.07) is 22.3. The van der Waals surface area contributed by atoms with E-state index in [1.165, 1.54) is 49.7 Å². The van der Waals surface area contributed by atoms with Gasteiger partial charge in [0.05, 0.1) is 5.69 Å². The van der Waals surface area contributed by atoms with E-state index in [-0.39, 0.29) is 5.41 Å². The second-order valence-electron chi connectivity index (χ2n) is 8.27. The van der Waals surface area contributed by atoms with Crippen molar-refractivity contribution in [3.05, 3.63) is 89.1 Å². The summed E-state index contributed by atoms with van der Waals surface area (Å²) in [7, 11) is 0. The lowest BCUT2D eigenvalue weighted by Crippen LogP contribution is -2.15. The summed E-state index contributed by atoms with van der Waals surface area (Å²) in [5, 5.41) is 2.50. The van der Waals surface area contributed by atoms with Crippen molar-refractivity contribution in [3.8, 4) is 22.4 Å². The molecule has 0 radical (unpaired) electrons. The Bertz CT molecular complexity index is 1210. The summed E-state index contributed by atoms with van der Waals surface area (Å²) in [5.74, 6) is 0. The maximum Gasteiger partial charge on any atom is 0.0780 e. The van der Waals surface area contributed by atoms with Gasteiger partial charge >= 0.3 is 0 Å². The lowest BCUT2D eigenvalue weighted by molar-refractivity contribution is 0.660. The Morgan fingerprint density at radius 1 is 0.741 bits per heavy atom. The monoisotopic (exact) mass is 349 g/mol. The second kappa shape index (κ2) is 5.53. The van der Waals surface area contributed by atoms with Crippen molar-refractivity contribution in [2.75, 3.05) is 0 Å². The fourth-order valence-corrected chi connectivity index (χ4v) is 4.56. The molecule has 1 nitrogen and oxygen atoms in total. The molecule has 0 N–H and O–H groups in total. The van der Waals surface area contributed by atoms with Crippen LogP contribution in [0.5, 0.6) is 0 Å². The molecule has 0 atom stereocenters. The van der Waals surface area contributed by atoms with Gasteiger partial charge in [-0.3, -0.25) is 4.98 Å². The highest BCUT2D eigenvalue weighted by Crippen LogP contribution is 2.50. The number of fused-ring (bicyclic) bond motifs is 4. The first-order chi connectivity index (χ1) is 13.0. The van der Waals surface area contributed by atoms with Gasteiger partial charge < -0.3 is 0 Å². The molecule has 0 bridgehead atoms. The highest BCUT2D eigenvalue weighted by atomic mass is 14.7. The van der Waals surface area contributed by atoms with Gasteiger partial charge in [-0.25, -0.2) is 0 Å². The van der Waals surface area contributed by atoms with E-state index in [2.05, 4.69) is 88.4 Å². The summed E-state index contributed by atoms with van der Waals surface area (Å²) >= 11 is 0. The van der Waals surface area contributed by atoms with Gasteiger partial charge in [-0.05, 0) is 53.1 Å². The maximum atomic E-state index is 4.81. The Balaban J connectivity index is 1.75. The van der Waals surface area contributed by atoms with Crippen molar-refractivity contribution in [1.82, 2.24) is 4.98 Å². The average molecular weight is 349 g/mol. The first kappa shape index (κ1) is 16.3. The van der Waals surface area contributed by atoms with Crippen LogP contribution in [0, 0.1) is 13.8 Å². The van der Waals surface area contributed by atoms with Crippen LogP contribution in [-0.4, -0.2) is 4.98 Å². The molecule has 0 unspecified atom stereocenters. The van der Waals surface area contributed by atoms with Crippen LogP contribution in [0.1, 0.15) is 36.1 Å². The van der Waals surface area contributed by atoms with Crippen LogP contribution in [0.4, 0.5) is 0 Å². The van der Waals surface area contributed by atoms with Crippen LogP contribution in [0.25, 0.3) is 33.2 Å². The summed E-state index contributed by atoms with van der Waals surface area (Å²) < 4.78 is 0. The predicted molar refractivity (Wildman–Crippen MR) is 114 cm³/mol. The summed E-state index contributed by atoms with van der Waals surface area (Å²) in [5.41, 5.74) is 10.4. The zero-order valence-electron chi connectivity index (χ0n) is 16.3. The number of benzene rings is 3. The van der Waals surface area contributed by atoms with Gasteiger partial charge in [0, 0.05) is 22.6 Å². The standard InChI is InChI=1S/C26H23N/c1-16-9-11-20-21-12-10-18(14-24(21)26(3,4)23(20)13-16)25-22-8-6-5-7-19(22)17(2)15-27-25/h5-15H,1-4H3. The van der Waals surface area contributed by atoms with Gasteiger partial charge in [-0.1, -0.05) is 74.0 Å². The molecule has 1 heteroatoms. The molecule has 4 aromatic rings. The third-order valence-electron chi connectivity index (χ3n) is 6.10. The molecule has 1 heterocycles. The molecule has 0 amide bonds. The third kappa shape index (κ3) is 2.28.